The number of ether oxygens (including phenoxy) is 3. The largest absolute Gasteiger partial charge is 0.609 e. The second kappa shape index (κ2) is 13.2. The predicted molar refractivity (Wildman–Crippen MR) is 171 cm³/mol. The molecule has 234 valence electrons. The van der Waals surface area contributed by atoms with Crippen molar-refractivity contribution in [1.29, 1.82) is 0 Å². The maximum Gasteiger partial charge on any atom is 0.346 e. The number of benzene rings is 2. The van der Waals surface area contributed by atoms with Crippen LogP contribution in [0.5, 0.6) is 17.5 Å². The van der Waals surface area contributed by atoms with Crippen molar-refractivity contribution in [1.82, 2.24) is 15.0 Å². The van der Waals surface area contributed by atoms with Crippen molar-refractivity contribution in [3.05, 3.63) is 41.5 Å². The van der Waals surface area contributed by atoms with Gasteiger partial charge in [0.25, 0.3) is 0 Å². The molecule has 0 bridgehead atoms. The SMILES string of the molecule is COCOc1cc(-c2nc(OC)c3c(O)nc([S+](C)[O-])nc3c2F)c2c(C#C[Si](C(C)C)(C(C)C)C(C)C)c(F)ccc2c1. The average Bonchev–Trinajstić information content (AvgIpc) is 2.96. The zero-order valence-corrected chi connectivity index (χ0v) is 28.2. The van der Waals surface area contributed by atoms with Crippen LogP contribution in [0.2, 0.25) is 16.6 Å². The van der Waals surface area contributed by atoms with Gasteiger partial charge in [-0.3, -0.25) is 0 Å². The summed E-state index contributed by atoms with van der Waals surface area (Å²) < 4.78 is 60.7. The fourth-order valence-corrected chi connectivity index (χ4v) is 11.7. The van der Waals surface area contributed by atoms with E-state index in [-0.39, 0.29) is 45.6 Å². The average molecular weight is 642 g/mol. The molecule has 1 unspecified atom stereocenters. The molecule has 8 nitrogen and oxygen atoms in total. The van der Waals surface area contributed by atoms with Gasteiger partial charge in [-0.25, -0.2) is 13.8 Å². The van der Waals surface area contributed by atoms with Crippen molar-refractivity contribution in [3.63, 3.8) is 0 Å². The second-order valence-electron chi connectivity index (χ2n) is 11.5. The van der Waals surface area contributed by atoms with Gasteiger partial charge < -0.3 is 23.9 Å². The van der Waals surface area contributed by atoms with Crippen molar-refractivity contribution >= 4 is 40.9 Å². The number of aromatic nitrogens is 3. The number of nitrogens with zero attached hydrogens (tertiary/aromatic N) is 3. The van der Waals surface area contributed by atoms with E-state index < -0.39 is 36.8 Å². The fraction of sp³-hybridized carbons (Fsp3) is 0.406. The molecule has 4 rings (SSSR count). The number of fused-ring (bicyclic) bond motifs is 2. The van der Waals surface area contributed by atoms with Crippen molar-refractivity contribution < 1.29 is 32.7 Å². The first kappa shape index (κ1) is 33.4. The number of hydrogen-bond acceptors (Lipinski definition) is 8. The zero-order valence-electron chi connectivity index (χ0n) is 26.3. The van der Waals surface area contributed by atoms with Gasteiger partial charge in [0.1, 0.15) is 42.5 Å². The molecule has 0 aliphatic heterocycles. The summed E-state index contributed by atoms with van der Waals surface area (Å²) in [5.41, 5.74) is 4.15. The highest BCUT2D eigenvalue weighted by molar-refractivity contribution is 7.90. The van der Waals surface area contributed by atoms with Crippen LogP contribution in [0.15, 0.2) is 29.4 Å². The molecule has 0 radical (unpaired) electrons. The van der Waals surface area contributed by atoms with Crippen molar-refractivity contribution in [2.45, 2.75) is 63.3 Å². The van der Waals surface area contributed by atoms with Gasteiger partial charge in [0, 0.05) is 29.2 Å². The molecular formula is C32H37F2N3O5SSi. The first-order chi connectivity index (χ1) is 20.8. The molecule has 0 aliphatic carbocycles. The highest BCUT2D eigenvalue weighted by atomic mass is 32.2. The van der Waals surface area contributed by atoms with Crippen LogP contribution in [0.1, 0.15) is 47.1 Å². The summed E-state index contributed by atoms with van der Waals surface area (Å²) in [5.74, 6) is 1.21. The maximum atomic E-state index is 16.5. The molecule has 0 fully saturated rings. The molecule has 2 heterocycles. The van der Waals surface area contributed by atoms with Gasteiger partial charge in [-0.15, -0.1) is 10.5 Å². The third-order valence-corrected chi connectivity index (χ3v) is 15.1. The number of hydrogen-bond donors (Lipinski definition) is 1. The van der Waals surface area contributed by atoms with Crippen LogP contribution in [0.4, 0.5) is 8.78 Å². The molecule has 2 aromatic heterocycles. The zero-order chi connectivity index (χ0) is 32.5. The number of methoxy groups -OCH3 is 2. The highest BCUT2D eigenvalue weighted by Crippen LogP contribution is 2.43. The Morgan fingerprint density at radius 1 is 0.977 bits per heavy atom. The van der Waals surface area contributed by atoms with Crippen LogP contribution in [-0.2, 0) is 15.9 Å². The van der Waals surface area contributed by atoms with Crippen molar-refractivity contribution in [3.8, 4) is 40.2 Å². The smallest absolute Gasteiger partial charge is 0.346 e. The minimum absolute atomic E-state index is 0.0895. The number of aromatic hydroxyl groups is 1. The monoisotopic (exact) mass is 641 g/mol. The first-order valence-electron chi connectivity index (χ1n) is 14.2. The molecule has 44 heavy (non-hydrogen) atoms. The Balaban J connectivity index is 2.17. The molecular weight excluding hydrogens is 605 g/mol. The topological polar surface area (TPSA) is 110 Å². The fourth-order valence-electron chi connectivity index (χ4n) is 6.09. The lowest BCUT2D eigenvalue weighted by molar-refractivity contribution is 0.0512. The number of pyridine rings is 1. The van der Waals surface area contributed by atoms with Crippen LogP contribution in [0.3, 0.4) is 0 Å². The van der Waals surface area contributed by atoms with E-state index in [0.717, 1.165) is 0 Å². The number of rotatable bonds is 9. The van der Waals surface area contributed by atoms with Gasteiger partial charge in [-0.1, -0.05) is 53.5 Å². The minimum atomic E-state index is -2.28. The minimum Gasteiger partial charge on any atom is -0.609 e. The molecule has 0 amide bonds. The molecule has 2 aromatic carbocycles. The summed E-state index contributed by atoms with van der Waals surface area (Å²) in [7, 11) is 0.486. The molecule has 12 heteroatoms. The van der Waals surface area contributed by atoms with E-state index in [4.69, 9.17) is 14.2 Å². The maximum absolute atomic E-state index is 16.5. The van der Waals surface area contributed by atoms with E-state index in [1.165, 1.54) is 32.6 Å². The van der Waals surface area contributed by atoms with Gasteiger partial charge in [-0.05, 0) is 40.2 Å². The normalized spacial score (nSPS) is 12.7. The van der Waals surface area contributed by atoms with Crippen molar-refractivity contribution in [2.24, 2.45) is 0 Å². The van der Waals surface area contributed by atoms with Crippen LogP contribution in [0.25, 0.3) is 32.9 Å². The molecule has 4 aromatic rings. The van der Waals surface area contributed by atoms with E-state index in [1.54, 1.807) is 12.1 Å². The summed E-state index contributed by atoms with van der Waals surface area (Å²) in [6.45, 7) is 12.9. The van der Waals surface area contributed by atoms with Crippen LogP contribution in [0, 0.1) is 23.1 Å². The van der Waals surface area contributed by atoms with Crippen LogP contribution >= 0.6 is 0 Å². The second-order valence-corrected chi connectivity index (χ2v) is 18.3. The van der Waals surface area contributed by atoms with E-state index in [9.17, 15) is 9.66 Å². The van der Waals surface area contributed by atoms with Gasteiger partial charge in [-0.2, -0.15) is 4.98 Å². The van der Waals surface area contributed by atoms with Crippen molar-refractivity contribution in [2.75, 3.05) is 27.3 Å². The van der Waals surface area contributed by atoms with Crippen LogP contribution < -0.4 is 9.47 Å². The van der Waals surface area contributed by atoms with Gasteiger partial charge in [0.2, 0.25) is 11.8 Å². The highest BCUT2D eigenvalue weighted by Gasteiger charge is 2.41. The summed E-state index contributed by atoms with van der Waals surface area (Å²) in [6, 6.07) is 6.13. The standard InChI is InChI=1S/C32H37F2N3O5SSi/c1-17(2)44(18(3)4,19(5)6)13-12-22-24(33)11-10-20-14-21(42-16-40-7)15-23(25(20)22)28-27(34)29-26(31(35-28)41-8)30(38)37-32(36-29)43(9)39/h10-11,14-15,17-19H,16H2,1-9H3,(H,36,37,38). The Kier molecular flexibility index (Phi) is 10.0. The van der Waals surface area contributed by atoms with E-state index in [1.807, 2.05) is 0 Å². The molecule has 1 N–H and O–H groups in total. The quantitative estimate of drug-likeness (QED) is 0.0676. The first-order valence-corrected chi connectivity index (χ1v) is 18.0. The lowest BCUT2D eigenvalue weighted by Crippen LogP contribution is -2.43. The Labute approximate surface area is 260 Å². The molecule has 0 saturated carbocycles. The van der Waals surface area contributed by atoms with E-state index in [2.05, 4.69) is 68.0 Å². The Morgan fingerprint density at radius 2 is 1.64 bits per heavy atom. The third-order valence-electron chi connectivity index (χ3n) is 8.07. The van der Waals surface area contributed by atoms with Gasteiger partial charge in [0.15, 0.2) is 12.6 Å². The summed E-state index contributed by atoms with van der Waals surface area (Å²) in [4.78, 5) is 12.4. The van der Waals surface area contributed by atoms with Gasteiger partial charge >= 0.3 is 5.16 Å². The predicted octanol–water partition coefficient (Wildman–Crippen LogP) is 7.13. The molecule has 0 saturated heterocycles. The lowest BCUT2D eigenvalue weighted by atomic mass is 9.95. The van der Waals surface area contributed by atoms with Crippen LogP contribution in [-0.4, -0.2) is 60.0 Å². The lowest BCUT2D eigenvalue weighted by Gasteiger charge is -2.38. The summed E-state index contributed by atoms with van der Waals surface area (Å²) in [5, 5.41) is 11.0. The van der Waals surface area contributed by atoms with E-state index in [0.29, 0.717) is 33.1 Å². The van der Waals surface area contributed by atoms with E-state index >= 15 is 8.78 Å². The Bertz CT molecular complexity index is 1750. The third kappa shape index (κ3) is 5.94. The molecule has 1 atom stereocenters. The summed E-state index contributed by atoms with van der Waals surface area (Å²) in [6.07, 6.45) is 1.31. The van der Waals surface area contributed by atoms with Gasteiger partial charge in [0.05, 0.1) is 12.7 Å². The summed E-state index contributed by atoms with van der Waals surface area (Å²) >= 11 is -1.73. The molecule has 0 aliphatic rings. The Hall–Kier alpha value is -3.50. The Morgan fingerprint density at radius 3 is 2.20 bits per heavy atom. The molecule has 0 spiro atoms. The number of halogens is 2.